The number of benzene rings is 1. The molecule has 19 heavy (non-hydrogen) atoms. The Labute approximate surface area is 109 Å². The summed E-state index contributed by atoms with van der Waals surface area (Å²) in [5, 5.41) is 9.65. The number of nitrogens with zero attached hydrogens (tertiary/aromatic N) is 1. The van der Waals surface area contributed by atoms with E-state index in [-0.39, 0.29) is 11.6 Å². The number of aliphatic carboxylic acids is 1. The van der Waals surface area contributed by atoms with Crippen molar-refractivity contribution < 1.29 is 9.90 Å². The molecule has 0 spiro atoms. The molecular formula is C15H13NO3. The van der Waals surface area contributed by atoms with E-state index in [4.69, 9.17) is 5.11 Å². The predicted octanol–water partition coefficient (Wildman–Crippen LogP) is 2.22. The van der Waals surface area contributed by atoms with E-state index in [0.717, 1.165) is 23.4 Å². The van der Waals surface area contributed by atoms with Gasteiger partial charge in [0.2, 0.25) is 0 Å². The molecule has 0 aliphatic carbocycles. The van der Waals surface area contributed by atoms with E-state index in [1.54, 1.807) is 10.6 Å². The second-order valence-electron chi connectivity index (χ2n) is 4.85. The standard InChI is InChI=1S/C15H13NO3/c1-9-7-10-3-2-4-11-8-12(5-6-13(17)18)15(19)16(9)14(10)11/h2-6,8-9H,7H2,1H3,(H,17,18)/b6-5+/t9-/m0/s1. The Bertz CT molecular complexity index is 771. The molecule has 3 rings (SSSR count). The van der Waals surface area contributed by atoms with Gasteiger partial charge in [0.1, 0.15) is 0 Å². The van der Waals surface area contributed by atoms with Crippen LogP contribution in [0.25, 0.3) is 17.0 Å². The normalized spacial score (nSPS) is 17.4. The highest BCUT2D eigenvalue weighted by Crippen LogP contribution is 2.30. The number of hydrogen-bond donors (Lipinski definition) is 1. The number of pyridine rings is 1. The first kappa shape index (κ1) is 11.7. The van der Waals surface area contributed by atoms with Gasteiger partial charge < -0.3 is 9.67 Å². The first-order valence-corrected chi connectivity index (χ1v) is 6.16. The lowest BCUT2D eigenvalue weighted by molar-refractivity contribution is -0.131. The third kappa shape index (κ3) is 1.76. The number of carboxylic acids is 1. The maximum atomic E-state index is 12.4. The second-order valence-corrected chi connectivity index (χ2v) is 4.85. The molecule has 0 bridgehead atoms. The van der Waals surface area contributed by atoms with Crippen LogP contribution in [0.3, 0.4) is 0 Å². The van der Waals surface area contributed by atoms with Crippen LogP contribution in [0.4, 0.5) is 0 Å². The molecular weight excluding hydrogens is 242 g/mol. The number of rotatable bonds is 2. The average molecular weight is 255 g/mol. The summed E-state index contributed by atoms with van der Waals surface area (Å²) in [6.07, 6.45) is 3.21. The van der Waals surface area contributed by atoms with E-state index >= 15 is 0 Å². The van der Waals surface area contributed by atoms with Crippen LogP contribution in [0.1, 0.15) is 24.1 Å². The van der Waals surface area contributed by atoms with Gasteiger partial charge in [0.25, 0.3) is 5.56 Å². The van der Waals surface area contributed by atoms with Crippen LogP contribution in [0.15, 0.2) is 35.1 Å². The molecule has 0 unspecified atom stereocenters. The van der Waals surface area contributed by atoms with Crippen molar-refractivity contribution in [3.8, 4) is 0 Å². The summed E-state index contributed by atoms with van der Waals surface area (Å²) in [6.45, 7) is 2.01. The predicted molar refractivity (Wildman–Crippen MR) is 73.3 cm³/mol. The van der Waals surface area contributed by atoms with E-state index in [2.05, 4.69) is 0 Å². The summed E-state index contributed by atoms with van der Waals surface area (Å²) in [5.41, 5.74) is 2.45. The quantitative estimate of drug-likeness (QED) is 0.837. The van der Waals surface area contributed by atoms with Crippen molar-refractivity contribution in [2.75, 3.05) is 0 Å². The van der Waals surface area contributed by atoms with Gasteiger partial charge in [-0.05, 0) is 36.4 Å². The maximum Gasteiger partial charge on any atom is 0.328 e. The van der Waals surface area contributed by atoms with Crippen molar-refractivity contribution in [1.29, 1.82) is 0 Å². The highest BCUT2D eigenvalue weighted by Gasteiger charge is 2.22. The minimum atomic E-state index is -1.05. The number of hydrogen-bond acceptors (Lipinski definition) is 2. The van der Waals surface area contributed by atoms with Gasteiger partial charge in [-0.25, -0.2) is 4.79 Å². The van der Waals surface area contributed by atoms with Crippen molar-refractivity contribution in [3.05, 3.63) is 51.8 Å². The highest BCUT2D eigenvalue weighted by atomic mass is 16.4. The lowest BCUT2D eigenvalue weighted by atomic mass is 10.1. The minimum absolute atomic E-state index is 0.116. The van der Waals surface area contributed by atoms with Crippen molar-refractivity contribution in [1.82, 2.24) is 4.57 Å². The molecule has 1 aliphatic rings. The molecule has 4 heteroatoms. The Balaban J connectivity index is 2.33. The molecule has 0 fully saturated rings. The summed E-state index contributed by atoms with van der Waals surface area (Å²) in [4.78, 5) is 23.0. The van der Waals surface area contributed by atoms with Gasteiger partial charge in [-0.3, -0.25) is 4.79 Å². The van der Waals surface area contributed by atoms with Crippen molar-refractivity contribution in [2.24, 2.45) is 0 Å². The fraction of sp³-hybridized carbons (Fsp3) is 0.200. The Morgan fingerprint density at radius 3 is 3.00 bits per heavy atom. The van der Waals surface area contributed by atoms with Crippen LogP contribution in [0.5, 0.6) is 0 Å². The van der Waals surface area contributed by atoms with E-state index in [1.165, 1.54) is 11.6 Å². The Morgan fingerprint density at radius 2 is 2.26 bits per heavy atom. The van der Waals surface area contributed by atoms with Crippen LogP contribution < -0.4 is 5.56 Å². The fourth-order valence-electron chi connectivity index (χ4n) is 2.77. The smallest absolute Gasteiger partial charge is 0.328 e. The molecule has 0 saturated carbocycles. The van der Waals surface area contributed by atoms with Gasteiger partial charge >= 0.3 is 5.97 Å². The summed E-state index contributed by atoms with van der Waals surface area (Å²) in [5.74, 6) is -1.05. The fourth-order valence-corrected chi connectivity index (χ4v) is 2.77. The van der Waals surface area contributed by atoms with Crippen LogP contribution >= 0.6 is 0 Å². The Morgan fingerprint density at radius 1 is 1.47 bits per heavy atom. The van der Waals surface area contributed by atoms with Crippen LogP contribution in [-0.2, 0) is 11.2 Å². The topological polar surface area (TPSA) is 59.3 Å². The zero-order valence-corrected chi connectivity index (χ0v) is 10.5. The summed E-state index contributed by atoms with van der Waals surface area (Å²) in [7, 11) is 0. The molecule has 1 N–H and O–H groups in total. The van der Waals surface area contributed by atoms with Gasteiger partial charge in [0.15, 0.2) is 0 Å². The molecule has 96 valence electrons. The van der Waals surface area contributed by atoms with Crippen LogP contribution in [0.2, 0.25) is 0 Å². The molecule has 1 aliphatic heterocycles. The Hall–Kier alpha value is -2.36. The zero-order valence-electron chi connectivity index (χ0n) is 10.5. The SMILES string of the molecule is C[C@H]1Cc2cccc3cc(/C=C/C(=O)O)c(=O)n1c23. The number of carbonyl (C=O) groups is 1. The molecule has 1 atom stereocenters. The first-order valence-electron chi connectivity index (χ1n) is 6.16. The van der Waals surface area contributed by atoms with Crippen molar-refractivity contribution in [3.63, 3.8) is 0 Å². The maximum absolute atomic E-state index is 12.4. The van der Waals surface area contributed by atoms with E-state index in [0.29, 0.717) is 5.56 Å². The van der Waals surface area contributed by atoms with Gasteiger partial charge in [-0.1, -0.05) is 18.2 Å². The zero-order chi connectivity index (χ0) is 13.6. The monoisotopic (exact) mass is 255 g/mol. The lowest BCUT2D eigenvalue weighted by Crippen LogP contribution is -2.22. The van der Waals surface area contributed by atoms with Gasteiger partial charge in [0, 0.05) is 17.7 Å². The lowest BCUT2D eigenvalue weighted by Gasteiger charge is -2.10. The highest BCUT2D eigenvalue weighted by molar-refractivity contribution is 5.88. The first-order chi connectivity index (χ1) is 9.08. The summed E-state index contributed by atoms with van der Waals surface area (Å²) >= 11 is 0. The number of carboxylic acid groups (broad SMARTS) is 1. The minimum Gasteiger partial charge on any atom is -0.478 e. The molecule has 2 heterocycles. The molecule has 0 radical (unpaired) electrons. The summed E-state index contributed by atoms with van der Waals surface area (Å²) in [6, 6.07) is 7.83. The van der Waals surface area contributed by atoms with E-state index < -0.39 is 5.97 Å². The van der Waals surface area contributed by atoms with Gasteiger partial charge in [-0.15, -0.1) is 0 Å². The van der Waals surface area contributed by atoms with E-state index in [1.807, 2.05) is 25.1 Å². The van der Waals surface area contributed by atoms with Crippen molar-refractivity contribution >= 4 is 22.9 Å². The summed E-state index contributed by atoms with van der Waals surface area (Å²) < 4.78 is 1.77. The van der Waals surface area contributed by atoms with Gasteiger partial charge in [-0.2, -0.15) is 0 Å². The molecule has 2 aromatic rings. The van der Waals surface area contributed by atoms with Crippen molar-refractivity contribution in [2.45, 2.75) is 19.4 Å². The Kier molecular flexibility index (Phi) is 2.52. The van der Waals surface area contributed by atoms with Crippen LogP contribution in [0, 0.1) is 0 Å². The van der Waals surface area contributed by atoms with Gasteiger partial charge in [0.05, 0.1) is 5.52 Å². The molecule has 0 saturated heterocycles. The second kappa shape index (κ2) is 4.09. The molecule has 1 aromatic carbocycles. The average Bonchev–Trinajstić information content (AvgIpc) is 2.70. The number of para-hydroxylation sites is 1. The molecule has 4 nitrogen and oxygen atoms in total. The largest absolute Gasteiger partial charge is 0.478 e. The third-order valence-corrected chi connectivity index (χ3v) is 3.53. The van der Waals surface area contributed by atoms with E-state index in [9.17, 15) is 9.59 Å². The van der Waals surface area contributed by atoms with Crippen LogP contribution in [-0.4, -0.2) is 15.6 Å². The number of aromatic nitrogens is 1. The third-order valence-electron chi connectivity index (χ3n) is 3.53. The molecule has 0 amide bonds. The molecule has 1 aromatic heterocycles.